The summed E-state index contributed by atoms with van der Waals surface area (Å²) in [4.78, 5) is 1.84. The minimum absolute atomic E-state index is 0.385. The van der Waals surface area contributed by atoms with Crippen molar-refractivity contribution in [1.29, 1.82) is 0 Å². The summed E-state index contributed by atoms with van der Waals surface area (Å²) in [6.07, 6.45) is 0. The monoisotopic (exact) mass is 243 g/mol. The fourth-order valence-corrected chi connectivity index (χ4v) is 3.31. The molecule has 4 nitrogen and oxygen atoms in total. The summed E-state index contributed by atoms with van der Waals surface area (Å²) in [6.45, 7) is 0. The van der Waals surface area contributed by atoms with Gasteiger partial charge in [-0.15, -0.1) is 0 Å². The maximum Gasteiger partial charge on any atom is 0.351 e. The predicted octanol–water partition coefficient (Wildman–Crippen LogP) is 2.73. The van der Waals surface area contributed by atoms with Crippen molar-refractivity contribution in [2.45, 2.75) is 5.78 Å². The maximum absolute atomic E-state index is 12.4. The Morgan fingerprint density at radius 3 is 2.00 bits per heavy atom. The minimum Gasteiger partial charge on any atom is -0.311 e. The first-order valence-corrected chi connectivity index (χ1v) is 6.59. The van der Waals surface area contributed by atoms with Gasteiger partial charge < -0.3 is 9.05 Å². The average Bonchev–Trinajstić information content (AvgIpc) is 2.30. The van der Waals surface area contributed by atoms with Crippen molar-refractivity contribution in [2.75, 3.05) is 28.3 Å². The second-order valence-corrected chi connectivity index (χ2v) is 5.95. The largest absolute Gasteiger partial charge is 0.351 e. The highest BCUT2D eigenvalue weighted by Crippen LogP contribution is 2.60. The molecule has 0 radical (unpaired) electrons. The van der Waals surface area contributed by atoms with E-state index in [4.69, 9.17) is 9.05 Å². The van der Waals surface area contributed by atoms with Crippen molar-refractivity contribution in [3.8, 4) is 0 Å². The highest BCUT2D eigenvalue weighted by molar-refractivity contribution is 7.54. The third kappa shape index (κ3) is 2.71. The Bertz CT molecular complexity index is 359. The van der Waals surface area contributed by atoms with E-state index in [1.165, 1.54) is 14.2 Å². The molecule has 0 aromatic heterocycles. The van der Waals surface area contributed by atoms with Gasteiger partial charge in [0.1, 0.15) is 5.78 Å². The van der Waals surface area contributed by atoms with Crippen LogP contribution in [-0.2, 0) is 13.6 Å². The molecule has 0 aliphatic carbocycles. The molecule has 0 spiro atoms. The maximum atomic E-state index is 12.4. The number of benzene rings is 1. The second-order valence-electron chi connectivity index (χ2n) is 3.65. The van der Waals surface area contributed by atoms with E-state index in [1.807, 2.05) is 49.3 Å². The minimum atomic E-state index is -3.14. The lowest BCUT2D eigenvalue weighted by molar-refractivity contribution is 0.228. The smallest absolute Gasteiger partial charge is 0.311 e. The molecule has 0 N–H and O–H groups in total. The summed E-state index contributed by atoms with van der Waals surface area (Å²) >= 11 is 0. The number of rotatable bonds is 5. The van der Waals surface area contributed by atoms with Gasteiger partial charge >= 0.3 is 7.60 Å². The Kier molecular flexibility index (Phi) is 4.69. The average molecular weight is 243 g/mol. The first kappa shape index (κ1) is 13.4. The zero-order valence-electron chi connectivity index (χ0n) is 10.1. The lowest BCUT2D eigenvalue weighted by Gasteiger charge is -2.29. The van der Waals surface area contributed by atoms with E-state index in [0.29, 0.717) is 0 Å². The van der Waals surface area contributed by atoms with E-state index in [2.05, 4.69) is 0 Å². The molecule has 16 heavy (non-hydrogen) atoms. The predicted molar refractivity (Wildman–Crippen MR) is 64.5 cm³/mol. The molecule has 90 valence electrons. The van der Waals surface area contributed by atoms with Gasteiger partial charge in [0.05, 0.1) is 0 Å². The van der Waals surface area contributed by atoms with E-state index < -0.39 is 7.60 Å². The van der Waals surface area contributed by atoms with Gasteiger partial charge in [-0.25, -0.2) is 0 Å². The topological polar surface area (TPSA) is 38.8 Å². The lowest BCUT2D eigenvalue weighted by atomic mass is 10.2. The first-order valence-electron chi connectivity index (χ1n) is 4.97. The Hall–Kier alpha value is -0.670. The van der Waals surface area contributed by atoms with Crippen LogP contribution < -0.4 is 0 Å². The fourth-order valence-electron chi connectivity index (χ4n) is 1.66. The highest BCUT2D eigenvalue weighted by Gasteiger charge is 2.36. The van der Waals surface area contributed by atoms with Crippen LogP contribution in [0.4, 0.5) is 0 Å². The molecule has 0 fully saturated rings. The molecule has 0 aliphatic rings. The van der Waals surface area contributed by atoms with Crippen LogP contribution in [0, 0.1) is 0 Å². The molecule has 0 amide bonds. The summed E-state index contributed by atoms with van der Waals surface area (Å²) < 4.78 is 22.5. The van der Waals surface area contributed by atoms with E-state index in [1.54, 1.807) is 0 Å². The zero-order valence-corrected chi connectivity index (χ0v) is 11.0. The molecule has 1 atom stereocenters. The standard InChI is InChI=1S/C11H18NO3P/c1-12(2)11(16(13,14-3)15-4)10-8-6-5-7-9-10/h5-9,11H,1-4H3. The molecule has 1 aromatic carbocycles. The van der Waals surface area contributed by atoms with Crippen molar-refractivity contribution >= 4 is 7.60 Å². The van der Waals surface area contributed by atoms with Crippen molar-refractivity contribution in [2.24, 2.45) is 0 Å². The second kappa shape index (κ2) is 5.60. The molecule has 1 unspecified atom stereocenters. The SMILES string of the molecule is COP(=O)(OC)C(c1ccccc1)N(C)C. The summed E-state index contributed by atoms with van der Waals surface area (Å²) in [5, 5.41) is 0. The number of hydrogen-bond acceptors (Lipinski definition) is 4. The van der Waals surface area contributed by atoms with Crippen LogP contribution >= 0.6 is 7.60 Å². The fraction of sp³-hybridized carbons (Fsp3) is 0.455. The molecular formula is C11H18NO3P. The van der Waals surface area contributed by atoms with Gasteiger partial charge in [0.25, 0.3) is 0 Å². The normalized spacial score (nSPS) is 14.1. The third-order valence-electron chi connectivity index (χ3n) is 2.40. The molecule has 0 bridgehead atoms. The van der Waals surface area contributed by atoms with Crippen LogP contribution in [0.5, 0.6) is 0 Å². The van der Waals surface area contributed by atoms with Gasteiger partial charge in [-0.05, 0) is 19.7 Å². The summed E-state index contributed by atoms with van der Waals surface area (Å²) in [6, 6.07) is 9.55. The van der Waals surface area contributed by atoms with Gasteiger partial charge in [-0.2, -0.15) is 0 Å². The number of hydrogen-bond donors (Lipinski definition) is 0. The van der Waals surface area contributed by atoms with Gasteiger partial charge in [-0.3, -0.25) is 9.46 Å². The van der Waals surface area contributed by atoms with E-state index >= 15 is 0 Å². The zero-order chi connectivity index (χ0) is 12.2. The van der Waals surface area contributed by atoms with Crippen LogP contribution in [0.1, 0.15) is 11.3 Å². The van der Waals surface area contributed by atoms with Crippen molar-refractivity contribution in [1.82, 2.24) is 4.90 Å². The van der Waals surface area contributed by atoms with Crippen LogP contribution in [0.3, 0.4) is 0 Å². The summed E-state index contributed by atoms with van der Waals surface area (Å²) in [7, 11) is 3.37. The Balaban J connectivity index is 3.15. The molecule has 1 rings (SSSR count). The Morgan fingerprint density at radius 1 is 1.12 bits per heavy atom. The van der Waals surface area contributed by atoms with Crippen LogP contribution in [0.2, 0.25) is 0 Å². The van der Waals surface area contributed by atoms with E-state index in [9.17, 15) is 4.57 Å². The number of nitrogens with zero attached hydrogens (tertiary/aromatic N) is 1. The summed E-state index contributed by atoms with van der Waals surface area (Å²) in [5.74, 6) is -0.385. The van der Waals surface area contributed by atoms with Crippen LogP contribution in [0.25, 0.3) is 0 Å². The van der Waals surface area contributed by atoms with E-state index in [0.717, 1.165) is 5.56 Å². The quantitative estimate of drug-likeness (QED) is 0.745. The molecule has 0 heterocycles. The van der Waals surface area contributed by atoms with Gasteiger partial charge in [0.2, 0.25) is 0 Å². The molecule has 0 aliphatic heterocycles. The molecule has 0 saturated heterocycles. The molecule has 5 heteroatoms. The summed E-state index contributed by atoms with van der Waals surface area (Å²) in [5.41, 5.74) is 0.916. The van der Waals surface area contributed by atoms with Crippen molar-refractivity contribution in [3.63, 3.8) is 0 Å². The van der Waals surface area contributed by atoms with Crippen LogP contribution in [-0.4, -0.2) is 33.2 Å². The Morgan fingerprint density at radius 2 is 1.62 bits per heavy atom. The third-order valence-corrected chi connectivity index (χ3v) is 4.77. The van der Waals surface area contributed by atoms with Crippen molar-refractivity contribution in [3.05, 3.63) is 35.9 Å². The molecular weight excluding hydrogens is 225 g/mol. The molecule has 0 saturated carbocycles. The lowest BCUT2D eigenvalue weighted by Crippen LogP contribution is -2.21. The van der Waals surface area contributed by atoms with E-state index in [-0.39, 0.29) is 5.78 Å². The highest BCUT2D eigenvalue weighted by atomic mass is 31.2. The van der Waals surface area contributed by atoms with Gasteiger partial charge in [0, 0.05) is 14.2 Å². The Labute approximate surface area is 96.7 Å². The van der Waals surface area contributed by atoms with Crippen LogP contribution in [0.15, 0.2) is 30.3 Å². The van der Waals surface area contributed by atoms with Gasteiger partial charge in [-0.1, -0.05) is 30.3 Å². The van der Waals surface area contributed by atoms with Gasteiger partial charge in [0.15, 0.2) is 0 Å². The van der Waals surface area contributed by atoms with Crippen molar-refractivity contribution < 1.29 is 13.6 Å². The first-order chi connectivity index (χ1) is 7.55. The molecule has 1 aromatic rings.